The number of alkyl halides is 1. The molecule has 0 aliphatic carbocycles. The van der Waals surface area contributed by atoms with Gasteiger partial charge < -0.3 is 10.3 Å². The van der Waals surface area contributed by atoms with Gasteiger partial charge in [-0.25, -0.2) is 0 Å². The summed E-state index contributed by atoms with van der Waals surface area (Å²) in [5.74, 6) is 0.169. The van der Waals surface area contributed by atoms with Crippen molar-refractivity contribution in [1.29, 1.82) is 0 Å². The van der Waals surface area contributed by atoms with Gasteiger partial charge in [-0.2, -0.15) is 0 Å². The van der Waals surface area contributed by atoms with Crippen LogP contribution in [0.15, 0.2) is 12.3 Å². The smallest absolute Gasteiger partial charge is 0.287 e. The first-order valence-electron chi connectivity index (χ1n) is 5.53. The first-order chi connectivity index (χ1) is 8.35. The number of hydrogen-bond donors (Lipinski definition) is 2. The number of halogens is 1. The number of carbonyl (C=O) groups excluding carboxylic acids is 1. The van der Waals surface area contributed by atoms with E-state index in [4.69, 9.17) is 11.6 Å². The lowest BCUT2D eigenvalue weighted by molar-refractivity contribution is -0.384. The second-order valence-electron chi connectivity index (χ2n) is 4.81. The van der Waals surface area contributed by atoms with Gasteiger partial charge in [0.05, 0.1) is 11.1 Å². The molecule has 1 aromatic heterocycles. The Bertz CT molecular complexity index is 442. The largest absolute Gasteiger partial charge is 0.351 e. The van der Waals surface area contributed by atoms with Crippen molar-refractivity contribution in [2.75, 3.05) is 12.4 Å². The van der Waals surface area contributed by atoms with Gasteiger partial charge in [0.15, 0.2) is 0 Å². The summed E-state index contributed by atoms with van der Waals surface area (Å²) in [7, 11) is 0. The highest BCUT2D eigenvalue weighted by Gasteiger charge is 2.20. The number of nitro groups is 1. The summed E-state index contributed by atoms with van der Waals surface area (Å²) in [6.45, 7) is 4.45. The van der Waals surface area contributed by atoms with Crippen molar-refractivity contribution in [3.8, 4) is 0 Å². The van der Waals surface area contributed by atoms with Gasteiger partial charge in [-0.15, -0.1) is 11.6 Å². The molecule has 1 amide bonds. The number of hydrogen-bond acceptors (Lipinski definition) is 3. The van der Waals surface area contributed by atoms with Crippen LogP contribution in [0.2, 0.25) is 0 Å². The molecule has 0 atom stereocenters. The van der Waals surface area contributed by atoms with E-state index >= 15 is 0 Å². The predicted molar refractivity (Wildman–Crippen MR) is 68.9 cm³/mol. The molecule has 2 N–H and O–H groups in total. The van der Waals surface area contributed by atoms with Crippen LogP contribution < -0.4 is 5.32 Å². The summed E-state index contributed by atoms with van der Waals surface area (Å²) in [5, 5.41) is 13.2. The van der Waals surface area contributed by atoms with Crippen LogP contribution in [-0.2, 0) is 0 Å². The lowest BCUT2D eigenvalue weighted by Gasteiger charge is -2.23. The minimum Gasteiger partial charge on any atom is -0.351 e. The van der Waals surface area contributed by atoms with Gasteiger partial charge in [-0.1, -0.05) is 13.8 Å². The van der Waals surface area contributed by atoms with Crippen molar-refractivity contribution < 1.29 is 9.72 Å². The Hall–Kier alpha value is -1.56. The highest BCUT2D eigenvalue weighted by Crippen LogP contribution is 2.20. The molecule has 1 heterocycles. The Morgan fingerprint density at radius 3 is 2.78 bits per heavy atom. The zero-order valence-electron chi connectivity index (χ0n) is 10.3. The Kier molecular flexibility index (Phi) is 4.72. The van der Waals surface area contributed by atoms with Crippen LogP contribution in [-0.4, -0.2) is 28.2 Å². The minimum atomic E-state index is -0.551. The number of H-pyrrole nitrogens is 1. The summed E-state index contributed by atoms with van der Waals surface area (Å²) in [4.78, 5) is 24.2. The summed E-state index contributed by atoms with van der Waals surface area (Å²) in [6.07, 6.45) is 1.97. The summed E-state index contributed by atoms with van der Waals surface area (Å²) >= 11 is 5.66. The Labute approximate surface area is 110 Å². The van der Waals surface area contributed by atoms with Crippen LogP contribution in [0.25, 0.3) is 0 Å². The normalized spacial score (nSPS) is 11.3. The molecule has 0 spiro atoms. The Morgan fingerprint density at radius 1 is 1.61 bits per heavy atom. The van der Waals surface area contributed by atoms with Crippen molar-refractivity contribution in [2.24, 2.45) is 5.41 Å². The number of rotatable bonds is 6. The lowest BCUT2D eigenvalue weighted by Crippen LogP contribution is -2.34. The molecule has 0 bridgehead atoms. The molecule has 7 heteroatoms. The number of nitrogens with one attached hydrogen (secondary N) is 2. The van der Waals surface area contributed by atoms with Crippen LogP contribution in [0.5, 0.6) is 0 Å². The summed E-state index contributed by atoms with van der Waals surface area (Å²) in [6, 6.07) is 1.21. The third-order valence-electron chi connectivity index (χ3n) is 2.62. The zero-order valence-corrected chi connectivity index (χ0v) is 11.1. The van der Waals surface area contributed by atoms with Crippen LogP contribution in [0.1, 0.15) is 30.8 Å². The van der Waals surface area contributed by atoms with Gasteiger partial charge >= 0.3 is 0 Å². The van der Waals surface area contributed by atoms with E-state index in [1.807, 2.05) is 13.8 Å². The van der Waals surface area contributed by atoms with Gasteiger partial charge in [0.25, 0.3) is 11.6 Å². The van der Waals surface area contributed by atoms with Gasteiger partial charge in [-0.05, 0) is 11.8 Å². The van der Waals surface area contributed by atoms with Crippen LogP contribution in [0.3, 0.4) is 0 Å². The maximum atomic E-state index is 11.7. The van der Waals surface area contributed by atoms with Crippen molar-refractivity contribution in [2.45, 2.75) is 20.3 Å². The quantitative estimate of drug-likeness (QED) is 0.473. The molecule has 0 aliphatic rings. The molecule has 0 unspecified atom stereocenters. The maximum Gasteiger partial charge on any atom is 0.287 e. The highest BCUT2D eigenvalue weighted by molar-refractivity contribution is 6.17. The lowest BCUT2D eigenvalue weighted by atomic mass is 9.90. The summed E-state index contributed by atoms with van der Waals surface area (Å²) in [5.41, 5.74) is -0.0424. The van der Waals surface area contributed by atoms with Crippen LogP contribution in [0, 0.1) is 15.5 Å². The van der Waals surface area contributed by atoms with Crippen molar-refractivity contribution in [3.05, 3.63) is 28.1 Å². The van der Waals surface area contributed by atoms with Crippen molar-refractivity contribution in [3.63, 3.8) is 0 Å². The molecule has 18 heavy (non-hydrogen) atoms. The first-order valence-corrected chi connectivity index (χ1v) is 6.06. The fourth-order valence-electron chi connectivity index (χ4n) is 1.38. The second kappa shape index (κ2) is 5.86. The molecule has 1 aromatic rings. The molecule has 0 aromatic carbocycles. The standard InChI is InChI=1S/C11H16ClN3O3/c1-11(2,3-4-12)7-14-10(16)9-5-8(6-13-9)15(17)18/h5-6,13H,3-4,7H2,1-2H3,(H,14,16). The van der Waals surface area contributed by atoms with E-state index in [0.29, 0.717) is 12.4 Å². The molecule has 0 aliphatic heterocycles. The number of aromatic nitrogens is 1. The SMILES string of the molecule is CC(C)(CCCl)CNC(=O)c1cc([N+](=O)[O-])c[nH]1. The third-order valence-corrected chi connectivity index (χ3v) is 2.81. The monoisotopic (exact) mass is 273 g/mol. The number of nitrogens with zero attached hydrogens (tertiary/aromatic N) is 1. The molecule has 0 radical (unpaired) electrons. The molecule has 0 saturated heterocycles. The molecule has 100 valence electrons. The van der Waals surface area contributed by atoms with Crippen LogP contribution >= 0.6 is 11.6 Å². The topological polar surface area (TPSA) is 88.0 Å². The molecular weight excluding hydrogens is 258 g/mol. The fraction of sp³-hybridized carbons (Fsp3) is 0.545. The molecule has 6 nitrogen and oxygen atoms in total. The van der Waals surface area contributed by atoms with E-state index < -0.39 is 4.92 Å². The van der Waals surface area contributed by atoms with E-state index in [1.54, 1.807) is 0 Å². The van der Waals surface area contributed by atoms with E-state index in [9.17, 15) is 14.9 Å². The van der Waals surface area contributed by atoms with Crippen molar-refractivity contribution in [1.82, 2.24) is 10.3 Å². The highest BCUT2D eigenvalue weighted by atomic mass is 35.5. The fourth-order valence-corrected chi connectivity index (χ4v) is 1.89. The third kappa shape index (κ3) is 4.03. The number of aromatic amines is 1. The van der Waals surface area contributed by atoms with E-state index in [2.05, 4.69) is 10.3 Å². The zero-order chi connectivity index (χ0) is 13.8. The Balaban J connectivity index is 2.57. The van der Waals surface area contributed by atoms with Gasteiger partial charge in [-0.3, -0.25) is 14.9 Å². The van der Waals surface area contributed by atoms with E-state index in [0.717, 1.165) is 6.42 Å². The van der Waals surface area contributed by atoms with Gasteiger partial charge in [0.1, 0.15) is 5.69 Å². The van der Waals surface area contributed by atoms with Crippen LogP contribution in [0.4, 0.5) is 5.69 Å². The Morgan fingerprint density at radius 2 is 2.28 bits per heavy atom. The minimum absolute atomic E-state index is 0.101. The second-order valence-corrected chi connectivity index (χ2v) is 5.19. The van der Waals surface area contributed by atoms with Crippen molar-refractivity contribution >= 4 is 23.2 Å². The number of amides is 1. The molecule has 0 fully saturated rings. The van der Waals surface area contributed by atoms with Gasteiger partial charge in [0, 0.05) is 18.5 Å². The first kappa shape index (κ1) is 14.5. The van der Waals surface area contributed by atoms with Gasteiger partial charge in [0.2, 0.25) is 0 Å². The molecular formula is C11H16ClN3O3. The predicted octanol–water partition coefficient (Wildman–Crippen LogP) is 2.31. The summed E-state index contributed by atoms with van der Waals surface area (Å²) < 4.78 is 0. The maximum absolute atomic E-state index is 11.7. The average molecular weight is 274 g/mol. The molecule has 1 rings (SSSR count). The van der Waals surface area contributed by atoms with E-state index in [1.165, 1.54) is 12.3 Å². The number of carbonyl (C=O) groups is 1. The molecule has 0 saturated carbocycles. The average Bonchev–Trinajstić information content (AvgIpc) is 2.75. The van der Waals surface area contributed by atoms with E-state index in [-0.39, 0.29) is 22.7 Å².